The Hall–Kier alpha value is -2.66. The Labute approximate surface area is 150 Å². The predicted octanol–water partition coefficient (Wildman–Crippen LogP) is 4.25. The number of benzene rings is 1. The lowest BCUT2D eigenvalue weighted by molar-refractivity contribution is 0.0962. The lowest BCUT2D eigenvalue weighted by Crippen LogP contribution is -2.21. The number of carbonyl (C=O) groups excluding carboxylic acids is 1. The average molecular weight is 354 g/mol. The van der Waals surface area contributed by atoms with Crippen LogP contribution in [0.5, 0.6) is 0 Å². The Bertz CT molecular complexity index is 909. The van der Waals surface area contributed by atoms with Crippen LogP contribution in [0.4, 0.5) is 5.95 Å². The molecule has 0 bridgehead atoms. The second-order valence-corrected chi connectivity index (χ2v) is 6.51. The van der Waals surface area contributed by atoms with Gasteiger partial charge in [0.05, 0.1) is 24.1 Å². The van der Waals surface area contributed by atoms with E-state index in [4.69, 9.17) is 16.0 Å². The number of fused-ring (bicyclic) bond motifs is 1. The highest BCUT2D eigenvalue weighted by atomic mass is 35.5. The zero-order chi connectivity index (χ0) is 17.2. The number of nitrogens with zero attached hydrogens (tertiary/aromatic N) is 2. The largest absolute Gasteiger partial charge is 0.467 e. The normalized spacial score (nSPS) is 16.5. The number of rotatable bonds is 4. The molecule has 0 saturated heterocycles. The van der Waals surface area contributed by atoms with Crippen LogP contribution in [-0.4, -0.2) is 15.8 Å². The Balaban J connectivity index is 1.56. The molecule has 1 atom stereocenters. The van der Waals surface area contributed by atoms with Crippen molar-refractivity contribution in [2.45, 2.75) is 25.3 Å². The fourth-order valence-corrected chi connectivity index (χ4v) is 3.30. The predicted molar refractivity (Wildman–Crippen MR) is 94.9 cm³/mol. The van der Waals surface area contributed by atoms with Crippen LogP contribution in [0.15, 0.2) is 53.3 Å². The summed E-state index contributed by atoms with van der Waals surface area (Å²) in [6, 6.07) is 11.4. The summed E-state index contributed by atoms with van der Waals surface area (Å²) in [5.74, 6) is 1.46. The van der Waals surface area contributed by atoms with E-state index in [1.54, 1.807) is 12.5 Å². The van der Waals surface area contributed by atoms with Crippen molar-refractivity contribution in [3.63, 3.8) is 0 Å². The van der Waals surface area contributed by atoms with Crippen molar-refractivity contribution >= 4 is 23.3 Å². The Morgan fingerprint density at radius 2 is 2.16 bits per heavy atom. The minimum absolute atomic E-state index is 0.0730. The topological polar surface area (TPSA) is 68.0 Å². The lowest BCUT2D eigenvalue weighted by Gasteiger charge is -2.23. The first-order valence-electron chi connectivity index (χ1n) is 8.10. The van der Waals surface area contributed by atoms with Gasteiger partial charge in [0.25, 0.3) is 0 Å². The quantitative estimate of drug-likeness (QED) is 0.759. The SMILES string of the molecule is O=C1CC(c2cccc(Cl)c2)Cc2nc(NCc3ccco3)ncc21. The van der Waals surface area contributed by atoms with Crippen LogP contribution >= 0.6 is 11.6 Å². The van der Waals surface area contributed by atoms with Gasteiger partial charge in [0, 0.05) is 17.6 Å². The lowest BCUT2D eigenvalue weighted by atomic mass is 9.82. The van der Waals surface area contributed by atoms with Gasteiger partial charge >= 0.3 is 0 Å². The molecular weight excluding hydrogens is 338 g/mol. The molecule has 1 aromatic carbocycles. The molecule has 0 fully saturated rings. The molecule has 126 valence electrons. The van der Waals surface area contributed by atoms with E-state index in [2.05, 4.69) is 15.3 Å². The van der Waals surface area contributed by atoms with Gasteiger partial charge < -0.3 is 9.73 Å². The number of nitrogens with one attached hydrogen (secondary N) is 1. The Kier molecular flexibility index (Phi) is 4.24. The molecule has 0 spiro atoms. The summed E-state index contributed by atoms with van der Waals surface area (Å²) < 4.78 is 5.29. The van der Waals surface area contributed by atoms with Crippen molar-refractivity contribution in [1.29, 1.82) is 0 Å². The third-order valence-corrected chi connectivity index (χ3v) is 4.60. The number of anilines is 1. The maximum absolute atomic E-state index is 12.5. The van der Waals surface area contributed by atoms with Crippen molar-refractivity contribution in [3.8, 4) is 0 Å². The van der Waals surface area contributed by atoms with Crippen LogP contribution in [0.2, 0.25) is 5.02 Å². The van der Waals surface area contributed by atoms with Crippen LogP contribution in [0, 0.1) is 0 Å². The monoisotopic (exact) mass is 353 g/mol. The molecule has 5 nitrogen and oxygen atoms in total. The highest BCUT2D eigenvalue weighted by Gasteiger charge is 2.28. The zero-order valence-corrected chi connectivity index (χ0v) is 14.2. The van der Waals surface area contributed by atoms with E-state index < -0.39 is 0 Å². The molecule has 2 heterocycles. The minimum Gasteiger partial charge on any atom is -0.467 e. The molecule has 0 aliphatic heterocycles. The van der Waals surface area contributed by atoms with Crippen molar-refractivity contribution in [2.75, 3.05) is 5.32 Å². The van der Waals surface area contributed by atoms with Gasteiger partial charge in [-0.1, -0.05) is 23.7 Å². The van der Waals surface area contributed by atoms with Crippen molar-refractivity contribution in [1.82, 2.24) is 9.97 Å². The molecule has 0 radical (unpaired) electrons. The van der Waals surface area contributed by atoms with E-state index in [1.165, 1.54) is 0 Å². The number of Topliss-reactive ketones (excluding diaryl/α,β-unsaturated/α-hetero) is 1. The molecule has 1 aliphatic rings. The number of ketones is 1. The number of carbonyl (C=O) groups is 1. The van der Waals surface area contributed by atoms with Crippen molar-refractivity contribution < 1.29 is 9.21 Å². The fraction of sp³-hybridized carbons (Fsp3) is 0.211. The Morgan fingerprint density at radius 3 is 2.96 bits per heavy atom. The van der Waals surface area contributed by atoms with Gasteiger partial charge in [-0.05, 0) is 42.2 Å². The van der Waals surface area contributed by atoms with Crippen LogP contribution in [0.25, 0.3) is 0 Å². The molecule has 3 aromatic rings. The second-order valence-electron chi connectivity index (χ2n) is 6.07. The minimum atomic E-state index is 0.0730. The van der Waals surface area contributed by atoms with Gasteiger partial charge in [0.15, 0.2) is 5.78 Å². The summed E-state index contributed by atoms with van der Waals surface area (Å²) in [4.78, 5) is 21.3. The van der Waals surface area contributed by atoms with Gasteiger partial charge in [-0.25, -0.2) is 9.97 Å². The molecule has 25 heavy (non-hydrogen) atoms. The summed E-state index contributed by atoms with van der Waals surface area (Å²) in [6.45, 7) is 0.497. The second kappa shape index (κ2) is 6.69. The van der Waals surface area contributed by atoms with Crippen LogP contribution < -0.4 is 5.32 Å². The highest BCUT2D eigenvalue weighted by molar-refractivity contribution is 6.30. The molecule has 1 aliphatic carbocycles. The van der Waals surface area contributed by atoms with E-state index in [0.717, 1.165) is 17.0 Å². The molecular formula is C19H16ClN3O2. The molecule has 2 aromatic heterocycles. The smallest absolute Gasteiger partial charge is 0.223 e. The number of hydrogen-bond acceptors (Lipinski definition) is 5. The number of halogens is 1. The number of hydrogen-bond donors (Lipinski definition) is 1. The summed E-state index contributed by atoms with van der Waals surface area (Å²) in [5, 5.41) is 3.81. The summed E-state index contributed by atoms with van der Waals surface area (Å²) in [7, 11) is 0. The van der Waals surface area contributed by atoms with E-state index in [1.807, 2.05) is 36.4 Å². The summed E-state index contributed by atoms with van der Waals surface area (Å²) in [5.41, 5.74) is 2.45. The van der Waals surface area contributed by atoms with E-state index in [9.17, 15) is 4.79 Å². The van der Waals surface area contributed by atoms with Gasteiger partial charge in [-0.3, -0.25) is 4.79 Å². The van der Waals surface area contributed by atoms with Gasteiger partial charge in [-0.15, -0.1) is 0 Å². The van der Waals surface area contributed by atoms with Crippen molar-refractivity contribution in [2.24, 2.45) is 0 Å². The fourth-order valence-electron chi connectivity index (χ4n) is 3.11. The van der Waals surface area contributed by atoms with E-state index in [0.29, 0.717) is 35.9 Å². The molecule has 0 saturated carbocycles. The van der Waals surface area contributed by atoms with Crippen LogP contribution in [0.3, 0.4) is 0 Å². The van der Waals surface area contributed by atoms with Gasteiger partial charge in [-0.2, -0.15) is 0 Å². The van der Waals surface area contributed by atoms with Crippen LogP contribution in [0.1, 0.15) is 39.7 Å². The first kappa shape index (κ1) is 15.8. The number of aromatic nitrogens is 2. The molecule has 1 unspecified atom stereocenters. The molecule has 0 amide bonds. The maximum atomic E-state index is 12.5. The van der Waals surface area contributed by atoms with E-state index in [-0.39, 0.29) is 11.7 Å². The highest BCUT2D eigenvalue weighted by Crippen LogP contribution is 2.32. The molecule has 4 rings (SSSR count). The summed E-state index contributed by atoms with van der Waals surface area (Å²) in [6.07, 6.45) is 4.39. The first-order chi connectivity index (χ1) is 12.2. The van der Waals surface area contributed by atoms with Crippen LogP contribution in [-0.2, 0) is 13.0 Å². The maximum Gasteiger partial charge on any atom is 0.223 e. The third-order valence-electron chi connectivity index (χ3n) is 4.36. The van der Waals surface area contributed by atoms with Gasteiger partial charge in [0.2, 0.25) is 5.95 Å². The van der Waals surface area contributed by atoms with Crippen molar-refractivity contribution in [3.05, 3.63) is 76.5 Å². The average Bonchev–Trinajstić information content (AvgIpc) is 3.13. The standard InChI is InChI=1S/C19H16ClN3O2/c20-14-4-1-3-12(7-14)13-8-17-16(18(24)9-13)11-22-19(23-17)21-10-15-5-2-6-25-15/h1-7,11,13H,8-10H2,(H,21,22,23). The zero-order valence-electron chi connectivity index (χ0n) is 13.4. The third kappa shape index (κ3) is 3.42. The molecule has 6 heteroatoms. The summed E-state index contributed by atoms with van der Waals surface area (Å²) >= 11 is 6.09. The molecule has 1 N–H and O–H groups in total. The first-order valence-corrected chi connectivity index (χ1v) is 8.47. The Morgan fingerprint density at radius 1 is 1.24 bits per heavy atom. The number of furan rings is 1. The van der Waals surface area contributed by atoms with E-state index >= 15 is 0 Å². The van der Waals surface area contributed by atoms with Gasteiger partial charge in [0.1, 0.15) is 5.76 Å².